The molecule has 0 aliphatic rings. The summed E-state index contributed by atoms with van der Waals surface area (Å²) in [6.07, 6.45) is 0.106. The summed E-state index contributed by atoms with van der Waals surface area (Å²) in [5.41, 5.74) is 2.85. The summed E-state index contributed by atoms with van der Waals surface area (Å²) >= 11 is 2.27. The van der Waals surface area contributed by atoms with E-state index in [-0.39, 0.29) is 11.7 Å². The van der Waals surface area contributed by atoms with Gasteiger partial charge in [0.05, 0.1) is 23.6 Å². The molecule has 0 bridgehead atoms. The van der Waals surface area contributed by atoms with Crippen LogP contribution < -0.4 is 14.9 Å². The fourth-order valence-corrected chi connectivity index (χ4v) is 5.79. The van der Waals surface area contributed by atoms with Crippen LogP contribution in [0.1, 0.15) is 34.8 Å². The summed E-state index contributed by atoms with van der Waals surface area (Å²) in [6.45, 7) is 2.70. The molecule has 0 aliphatic heterocycles. The lowest BCUT2D eigenvalue weighted by atomic mass is 10.00. The molecule has 2 unspecified atom stereocenters. The van der Waals surface area contributed by atoms with Crippen molar-refractivity contribution in [2.75, 3.05) is 23.7 Å². The maximum absolute atomic E-state index is 13.2. The summed E-state index contributed by atoms with van der Waals surface area (Å²) in [4.78, 5) is 13.2. The first-order valence-electron chi connectivity index (χ1n) is 12.2. The molecule has 7 nitrogen and oxygen atoms in total. The number of halogens is 1. The highest BCUT2D eigenvalue weighted by atomic mass is 127. The second-order valence-electron chi connectivity index (χ2n) is 8.93. The largest absolute Gasteiger partial charge is 0.390 e. The van der Waals surface area contributed by atoms with Crippen molar-refractivity contribution in [3.8, 4) is 0 Å². The first kappa shape index (κ1) is 29.1. The minimum atomic E-state index is -3.47. The van der Waals surface area contributed by atoms with Crippen molar-refractivity contribution in [1.29, 1.82) is 0 Å². The number of nitrogens with one attached hydrogen (secondary N) is 2. The number of benzene rings is 3. The molecule has 37 heavy (non-hydrogen) atoms. The van der Waals surface area contributed by atoms with Gasteiger partial charge in [0.1, 0.15) is 0 Å². The van der Waals surface area contributed by atoms with Crippen LogP contribution in [0.5, 0.6) is 0 Å². The van der Waals surface area contributed by atoms with Gasteiger partial charge in [0, 0.05) is 29.3 Å². The van der Waals surface area contributed by atoms with E-state index < -0.39 is 22.2 Å². The lowest BCUT2D eigenvalue weighted by Gasteiger charge is -2.25. The normalized spacial score (nSPS) is 13.1. The van der Waals surface area contributed by atoms with Gasteiger partial charge in [-0.25, -0.2) is 8.42 Å². The Morgan fingerprint density at radius 3 is 2.41 bits per heavy atom. The van der Waals surface area contributed by atoms with Gasteiger partial charge in [-0.05, 0) is 76.9 Å². The summed E-state index contributed by atoms with van der Waals surface area (Å²) < 4.78 is 27.3. The van der Waals surface area contributed by atoms with Gasteiger partial charge >= 0.3 is 0 Å². The van der Waals surface area contributed by atoms with Crippen molar-refractivity contribution in [1.82, 2.24) is 10.6 Å². The molecule has 0 aliphatic carbocycles. The van der Waals surface area contributed by atoms with Gasteiger partial charge in [-0.1, -0.05) is 55.5 Å². The highest BCUT2D eigenvalue weighted by Crippen LogP contribution is 2.19. The van der Waals surface area contributed by atoms with Crippen LogP contribution in [0, 0.1) is 3.57 Å². The number of amides is 1. The average Bonchev–Trinajstić information content (AvgIpc) is 2.88. The standard InChI is InChI=1S/C28H34IN3O4S/c1-3-15-37(35,36)32(2)25-14-8-12-23(18-25)28(34)31-26(17-21-9-5-4-6-10-21)27(33)20-30-19-22-11-7-13-24(29)16-22/h4-14,16,18,26-27,30,33H,3,15,17,19-20H2,1-2H3,(H,31,34). The van der Waals surface area contributed by atoms with Crippen LogP contribution in [0.25, 0.3) is 0 Å². The molecule has 0 radical (unpaired) electrons. The predicted octanol–water partition coefficient (Wildman–Crippen LogP) is 3.96. The molecule has 0 heterocycles. The number of carbonyl (C=O) groups is 1. The van der Waals surface area contributed by atoms with Crippen LogP contribution >= 0.6 is 22.6 Å². The third-order valence-electron chi connectivity index (χ3n) is 6.00. The highest BCUT2D eigenvalue weighted by molar-refractivity contribution is 14.1. The van der Waals surface area contributed by atoms with E-state index in [1.165, 1.54) is 11.4 Å². The van der Waals surface area contributed by atoms with Gasteiger partial charge in [0.25, 0.3) is 5.91 Å². The molecule has 3 aromatic carbocycles. The fourth-order valence-electron chi connectivity index (χ4n) is 3.96. The number of anilines is 1. The number of rotatable bonds is 13. The summed E-state index contributed by atoms with van der Waals surface area (Å²) in [5, 5.41) is 17.3. The molecule has 0 spiro atoms. The summed E-state index contributed by atoms with van der Waals surface area (Å²) in [5.74, 6) is -0.346. The zero-order valence-corrected chi connectivity index (χ0v) is 24.1. The lowest BCUT2D eigenvalue weighted by molar-refractivity contribution is 0.0830. The molecule has 198 valence electrons. The van der Waals surface area contributed by atoms with Crippen LogP contribution in [0.15, 0.2) is 78.9 Å². The monoisotopic (exact) mass is 635 g/mol. The first-order chi connectivity index (χ1) is 17.7. The van der Waals surface area contributed by atoms with Gasteiger partial charge in [-0.15, -0.1) is 0 Å². The van der Waals surface area contributed by atoms with Crippen LogP contribution in [-0.2, 0) is 23.0 Å². The fraction of sp³-hybridized carbons (Fsp3) is 0.321. The Kier molecular flexibility index (Phi) is 10.9. The Morgan fingerprint density at radius 2 is 1.70 bits per heavy atom. The predicted molar refractivity (Wildman–Crippen MR) is 157 cm³/mol. The van der Waals surface area contributed by atoms with Gasteiger partial charge in [-0.3, -0.25) is 9.10 Å². The Hall–Kier alpha value is -2.47. The molecule has 0 fully saturated rings. The summed E-state index contributed by atoms with van der Waals surface area (Å²) in [7, 11) is -1.98. The van der Waals surface area contributed by atoms with Crippen molar-refractivity contribution in [2.24, 2.45) is 0 Å². The number of hydrogen-bond acceptors (Lipinski definition) is 5. The lowest BCUT2D eigenvalue weighted by Crippen LogP contribution is -2.48. The minimum absolute atomic E-state index is 0.0282. The van der Waals surface area contributed by atoms with E-state index in [1.807, 2.05) is 55.5 Å². The topological polar surface area (TPSA) is 98.7 Å². The Balaban J connectivity index is 1.72. The molecule has 2 atom stereocenters. The Morgan fingerprint density at radius 1 is 1.00 bits per heavy atom. The van der Waals surface area contributed by atoms with E-state index in [4.69, 9.17) is 0 Å². The molecule has 3 rings (SSSR count). The second-order valence-corrected chi connectivity index (χ2v) is 12.3. The molecule has 9 heteroatoms. The molecule has 3 N–H and O–H groups in total. The van der Waals surface area contributed by atoms with Crippen LogP contribution in [-0.4, -0.2) is 50.9 Å². The minimum Gasteiger partial charge on any atom is -0.390 e. The van der Waals surface area contributed by atoms with Crippen molar-refractivity contribution >= 4 is 44.2 Å². The maximum Gasteiger partial charge on any atom is 0.251 e. The second kappa shape index (κ2) is 13.9. The van der Waals surface area contributed by atoms with E-state index in [0.29, 0.717) is 37.2 Å². The van der Waals surface area contributed by atoms with Crippen LogP contribution in [0.3, 0.4) is 0 Å². The van der Waals surface area contributed by atoms with Gasteiger partial charge in [0.15, 0.2) is 0 Å². The molecule has 1 amide bonds. The third-order valence-corrected chi connectivity index (χ3v) is 8.64. The maximum atomic E-state index is 13.2. The Labute approximate surface area is 233 Å². The van der Waals surface area contributed by atoms with Crippen LogP contribution in [0.4, 0.5) is 5.69 Å². The quantitative estimate of drug-likeness (QED) is 0.247. The molecule has 3 aromatic rings. The zero-order chi connectivity index (χ0) is 26.8. The highest BCUT2D eigenvalue weighted by Gasteiger charge is 2.23. The van der Waals surface area contributed by atoms with Gasteiger partial charge in [0.2, 0.25) is 10.0 Å². The number of carbonyl (C=O) groups excluding carboxylic acids is 1. The molecule has 0 saturated heterocycles. The number of hydrogen-bond donors (Lipinski definition) is 3. The average molecular weight is 636 g/mol. The van der Waals surface area contributed by atoms with Crippen molar-refractivity contribution < 1.29 is 18.3 Å². The SMILES string of the molecule is CCCS(=O)(=O)N(C)c1cccc(C(=O)NC(Cc2ccccc2)C(O)CNCc2cccc(I)c2)c1. The van der Waals surface area contributed by atoms with Gasteiger partial charge in [-0.2, -0.15) is 0 Å². The van der Waals surface area contributed by atoms with Crippen molar-refractivity contribution in [3.05, 3.63) is 99.1 Å². The number of sulfonamides is 1. The van der Waals surface area contributed by atoms with Gasteiger partial charge < -0.3 is 15.7 Å². The number of aliphatic hydroxyl groups excluding tert-OH is 1. The molecular formula is C28H34IN3O4S. The van der Waals surface area contributed by atoms with Crippen molar-refractivity contribution in [2.45, 2.75) is 38.5 Å². The Bertz CT molecular complexity index is 1270. The number of aliphatic hydroxyl groups is 1. The smallest absolute Gasteiger partial charge is 0.251 e. The molecule has 0 aromatic heterocycles. The zero-order valence-electron chi connectivity index (χ0n) is 21.1. The van der Waals surface area contributed by atoms with E-state index in [0.717, 1.165) is 14.7 Å². The van der Waals surface area contributed by atoms with E-state index in [2.05, 4.69) is 39.3 Å². The van der Waals surface area contributed by atoms with Crippen molar-refractivity contribution in [3.63, 3.8) is 0 Å². The number of nitrogens with zero attached hydrogens (tertiary/aromatic N) is 1. The summed E-state index contributed by atoms with van der Waals surface area (Å²) in [6, 6.07) is 23.8. The molecular weight excluding hydrogens is 601 g/mol. The van der Waals surface area contributed by atoms with E-state index in [9.17, 15) is 18.3 Å². The molecule has 0 saturated carbocycles. The first-order valence-corrected chi connectivity index (χ1v) is 14.9. The van der Waals surface area contributed by atoms with E-state index in [1.54, 1.807) is 24.3 Å². The van der Waals surface area contributed by atoms with E-state index >= 15 is 0 Å². The third kappa shape index (κ3) is 8.80. The van der Waals surface area contributed by atoms with Crippen LogP contribution in [0.2, 0.25) is 0 Å².